The highest BCUT2D eigenvalue weighted by atomic mass is 16.1. The first kappa shape index (κ1) is 11.5. The number of aromatic nitrogens is 1. The second kappa shape index (κ2) is 4.28. The molecule has 0 unspecified atom stereocenters. The molecule has 1 aromatic heterocycles. The number of carbonyl (C=O) groups excluding carboxylic acids is 1. The van der Waals surface area contributed by atoms with Crippen LogP contribution in [-0.2, 0) is 4.79 Å². The van der Waals surface area contributed by atoms with Crippen molar-refractivity contribution in [2.45, 2.75) is 6.92 Å². The Labute approximate surface area is 111 Å². The molecular formula is C16H14N2O. The predicted octanol–water partition coefficient (Wildman–Crippen LogP) is 3.85. The fraction of sp³-hybridized carbons (Fsp3) is 0.0625. The van der Waals surface area contributed by atoms with Crippen molar-refractivity contribution < 1.29 is 4.79 Å². The van der Waals surface area contributed by atoms with Crippen molar-refractivity contribution in [3.63, 3.8) is 0 Å². The van der Waals surface area contributed by atoms with Crippen LogP contribution in [-0.4, -0.2) is 10.5 Å². The molecule has 2 aromatic carbocycles. The number of hydrogen-bond acceptors (Lipinski definition) is 1. The largest absolute Gasteiger partial charge is 0.326 e. The molecule has 0 atom stereocenters. The van der Waals surface area contributed by atoms with Crippen LogP contribution in [0.2, 0.25) is 0 Å². The average Bonchev–Trinajstić information content (AvgIpc) is 2.71. The maximum atomic E-state index is 11.1. The van der Waals surface area contributed by atoms with Gasteiger partial charge in [-0.25, -0.2) is 0 Å². The van der Waals surface area contributed by atoms with E-state index in [0.717, 1.165) is 27.5 Å². The lowest BCUT2D eigenvalue weighted by Gasteiger charge is -2.03. The first-order valence-corrected chi connectivity index (χ1v) is 6.13. The Morgan fingerprint density at radius 1 is 1.16 bits per heavy atom. The van der Waals surface area contributed by atoms with E-state index in [1.165, 1.54) is 6.92 Å². The molecule has 0 aliphatic carbocycles. The minimum Gasteiger partial charge on any atom is -0.326 e. The molecule has 3 aromatic rings. The lowest BCUT2D eigenvalue weighted by molar-refractivity contribution is -0.114. The van der Waals surface area contributed by atoms with Crippen LogP contribution in [0.25, 0.3) is 28.0 Å². The van der Waals surface area contributed by atoms with Gasteiger partial charge in [-0.15, -0.1) is 0 Å². The topological polar surface area (TPSA) is 34.0 Å². The zero-order valence-corrected chi connectivity index (χ0v) is 10.7. The molecule has 0 aliphatic heterocycles. The standard InChI is InChI=1S/C16H14N2O/c1-3-18-15-7-5-4-6-13(15)14-10-12(17-11(2)19)8-9-16(14)18/h3-10H,1H2,2H3,(H,17,19). The highest BCUT2D eigenvalue weighted by molar-refractivity contribution is 6.10. The summed E-state index contributed by atoms with van der Waals surface area (Å²) in [6, 6.07) is 14.1. The van der Waals surface area contributed by atoms with E-state index in [0.29, 0.717) is 0 Å². The third kappa shape index (κ3) is 1.80. The van der Waals surface area contributed by atoms with Crippen molar-refractivity contribution >= 4 is 39.6 Å². The Kier molecular flexibility index (Phi) is 2.60. The summed E-state index contributed by atoms with van der Waals surface area (Å²) in [7, 11) is 0. The number of carbonyl (C=O) groups is 1. The smallest absolute Gasteiger partial charge is 0.221 e. The van der Waals surface area contributed by atoms with Crippen molar-refractivity contribution in [3.8, 4) is 0 Å². The van der Waals surface area contributed by atoms with Gasteiger partial charge in [0.25, 0.3) is 0 Å². The van der Waals surface area contributed by atoms with Gasteiger partial charge in [0.1, 0.15) is 0 Å². The molecule has 0 aliphatic rings. The number of fused-ring (bicyclic) bond motifs is 3. The molecule has 0 radical (unpaired) electrons. The summed E-state index contributed by atoms with van der Waals surface area (Å²) in [5, 5.41) is 5.08. The molecule has 3 rings (SSSR count). The minimum atomic E-state index is -0.0631. The van der Waals surface area contributed by atoms with E-state index in [9.17, 15) is 4.79 Å². The van der Waals surface area contributed by atoms with Crippen LogP contribution < -0.4 is 5.32 Å². The predicted molar refractivity (Wildman–Crippen MR) is 80.1 cm³/mol. The highest BCUT2D eigenvalue weighted by Gasteiger charge is 2.09. The number of amides is 1. The molecule has 3 heteroatoms. The summed E-state index contributed by atoms with van der Waals surface area (Å²) in [6.45, 7) is 5.38. The van der Waals surface area contributed by atoms with E-state index < -0.39 is 0 Å². The molecule has 0 saturated heterocycles. The average molecular weight is 250 g/mol. The van der Waals surface area contributed by atoms with E-state index in [1.54, 1.807) is 0 Å². The zero-order valence-electron chi connectivity index (χ0n) is 10.7. The Morgan fingerprint density at radius 3 is 2.63 bits per heavy atom. The number of benzene rings is 2. The van der Waals surface area contributed by atoms with E-state index in [-0.39, 0.29) is 5.91 Å². The fourth-order valence-electron chi connectivity index (χ4n) is 2.48. The monoisotopic (exact) mass is 250 g/mol. The number of anilines is 1. The fourth-order valence-corrected chi connectivity index (χ4v) is 2.48. The maximum Gasteiger partial charge on any atom is 0.221 e. The van der Waals surface area contributed by atoms with E-state index in [2.05, 4.69) is 28.6 Å². The Morgan fingerprint density at radius 2 is 1.89 bits per heavy atom. The van der Waals surface area contributed by atoms with Gasteiger partial charge in [0.05, 0.1) is 11.0 Å². The summed E-state index contributed by atoms with van der Waals surface area (Å²) >= 11 is 0. The molecule has 1 amide bonds. The Hall–Kier alpha value is -2.55. The van der Waals surface area contributed by atoms with Crippen molar-refractivity contribution in [2.75, 3.05) is 5.32 Å². The third-order valence-electron chi connectivity index (χ3n) is 3.21. The van der Waals surface area contributed by atoms with E-state index in [1.807, 2.05) is 36.5 Å². The highest BCUT2D eigenvalue weighted by Crippen LogP contribution is 2.31. The van der Waals surface area contributed by atoms with Crippen LogP contribution in [0.3, 0.4) is 0 Å². The minimum absolute atomic E-state index is 0.0631. The number of para-hydroxylation sites is 1. The van der Waals surface area contributed by atoms with Gasteiger partial charge in [0.15, 0.2) is 0 Å². The van der Waals surface area contributed by atoms with E-state index >= 15 is 0 Å². The van der Waals surface area contributed by atoms with Gasteiger partial charge in [-0.2, -0.15) is 0 Å². The normalized spacial score (nSPS) is 10.8. The second-order valence-electron chi connectivity index (χ2n) is 4.48. The van der Waals surface area contributed by atoms with Gasteiger partial charge in [-0.05, 0) is 24.3 Å². The summed E-state index contributed by atoms with van der Waals surface area (Å²) in [4.78, 5) is 11.1. The van der Waals surface area contributed by atoms with Crippen molar-refractivity contribution in [2.24, 2.45) is 0 Å². The molecule has 1 heterocycles. The van der Waals surface area contributed by atoms with Crippen molar-refractivity contribution in [1.82, 2.24) is 4.57 Å². The van der Waals surface area contributed by atoms with Gasteiger partial charge in [0.2, 0.25) is 5.91 Å². The van der Waals surface area contributed by atoms with Gasteiger partial charge < -0.3 is 9.88 Å². The van der Waals surface area contributed by atoms with Crippen LogP contribution in [0.5, 0.6) is 0 Å². The van der Waals surface area contributed by atoms with Gasteiger partial charge in [-0.1, -0.05) is 24.8 Å². The number of rotatable bonds is 2. The van der Waals surface area contributed by atoms with Crippen molar-refractivity contribution in [3.05, 3.63) is 49.0 Å². The summed E-state index contributed by atoms with van der Waals surface area (Å²) in [5.74, 6) is -0.0631. The van der Waals surface area contributed by atoms with Crippen LogP contribution in [0, 0.1) is 0 Å². The van der Waals surface area contributed by atoms with Gasteiger partial charge in [-0.3, -0.25) is 4.79 Å². The number of nitrogens with one attached hydrogen (secondary N) is 1. The first-order valence-electron chi connectivity index (χ1n) is 6.13. The molecule has 1 N–H and O–H groups in total. The third-order valence-corrected chi connectivity index (χ3v) is 3.21. The van der Waals surface area contributed by atoms with Crippen LogP contribution >= 0.6 is 0 Å². The lowest BCUT2D eigenvalue weighted by atomic mass is 10.1. The molecule has 0 bridgehead atoms. The molecule has 3 nitrogen and oxygen atoms in total. The number of nitrogens with zero attached hydrogens (tertiary/aromatic N) is 1. The summed E-state index contributed by atoms with van der Waals surface area (Å²) < 4.78 is 2.06. The quantitative estimate of drug-likeness (QED) is 0.736. The lowest BCUT2D eigenvalue weighted by Crippen LogP contribution is -2.05. The van der Waals surface area contributed by atoms with Crippen molar-refractivity contribution in [1.29, 1.82) is 0 Å². The van der Waals surface area contributed by atoms with Crippen LogP contribution in [0.1, 0.15) is 6.92 Å². The van der Waals surface area contributed by atoms with Gasteiger partial charge >= 0.3 is 0 Å². The second-order valence-corrected chi connectivity index (χ2v) is 4.48. The Balaban J connectivity index is 2.36. The number of hydrogen-bond donors (Lipinski definition) is 1. The molecule has 0 fully saturated rings. The first-order chi connectivity index (χ1) is 9.20. The summed E-state index contributed by atoms with van der Waals surface area (Å²) in [6.07, 6.45) is 1.81. The molecule has 19 heavy (non-hydrogen) atoms. The molecule has 0 spiro atoms. The SMILES string of the molecule is C=Cn1c2ccccc2c2cc(NC(C)=O)ccc21. The molecule has 94 valence electrons. The Bertz CT molecular complexity index is 799. The van der Waals surface area contributed by atoms with E-state index in [4.69, 9.17) is 0 Å². The zero-order chi connectivity index (χ0) is 13.4. The van der Waals surface area contributed by atoms with Gasteiger partial charge in [0, 0.05) is 29.6 Å². The summed E-state index contributed by atoms with van der Waals surface area (Å²) in [5.41, 5.74) is 3.02. The molecule has 0 saturated carbocycles. The van der Waals surface area contributed by atoms with Crippen LogP contribution in [0.15, 0.2) is 49.0 Å². The molecular weight excluding hydrogens is 236 g/mol. The maximum absolute atomic E-state index is 11.1. The van der Waals surface area contributed by atoms with Crippen LogP contribution in [0.4, 0.5) is 5.69 Å².